The highest BCUT2D eigenvalue weighted by Gasteiger charge is 2.45. The fourth-order valence-electron chi connectivity index (χ4n) is 5.87. The van der Waals surface area contributed by atoms with Crippen LogP contribution in [0.25, 0.3) is 32.7 Å². The third-order valence-corrected chi connectivity index (χ3v) is 7.32. The van der Waals surface area contributed by atoms with E-state index < -0.39 is 0 Å². The Morgan fingerprint density at radius 1 is 0.351 bits per heavy atom. The molecule has 0 fully saturated rings. The molecule has 7 rings (SSSR count). The molecule has 182 valence electrons. The quantitative estimate of drug-likeness (QED) is 0.232. The molecule has 0 saturated heterocycles. The van der Waals surface area contributed by atoms with Crippen LogP contribution in [0.3, 0.4) is 0 Å². The van der Waals surface area contributed by atoms with E-state index in [1.807, 2.05) is 27.7 Å². The molecule has 0 amide bonds. The maximum absolute atomic E-state index is 2.39. The Bertz CT molecular complexity index is 1540. The zero-order valence-corrected chi connectivity index (χ0v) is 22.2. The molecule has 0 heterocycles. The lowest BCUT2D eigenvalue weighted by molar-refractivity contribution is 0.771. The molecule has 0 aromatic heterocycles. The highest BCUT2D eigenvalue weighted by molar-refractivity contribution is 5.91. The molecule has 1 aliphatic carbocycles. The topological polar surface area (TPSA) is 0 Å². The molecule has 0 bridgehead atoms. The van der Waals surface area contributed by atoms with E-state index in [2.05, 4.69) is 133 Å². The van der Waals surface area contributed by atoms with Crippen molar-refractivity contribution in [1.29, 1.82) is 0 Å². The standard InChI is InChI=1S/C33H22.2C2H6/c1-3-11-25-21-27(19-17-23(25)9-1)33(28-20-18-24-10-2-4-12-26(24)22-28)31-15-7-5-13-29(31)30-14-6-8-16-32(30)33;2*1-2/h1-22H;2*1-2H3. The van der Waals surface area contributed by atoms with Crippen LogP contribution in [-0.4, -0.2) is 0 Å². The molecule has 0 radical (unpaired) electrons. The first kappa shape index (κ1) is 24.5. The summed E-state index contributed by atoms with van der Waals surface area (Å²) in [7, 11) is 0. The minimum Gasteiger partial charge on any atom is -0.0683 e. The number of hydrogen-bond acceptors (Lipinski definition) is 0. The van der Waals surface area contributed by atoms with Gasteiger partial charge >= 0.3 is 0 Å². The largest absolute Gasteiger partial charge is 0.0714 e. The molecule has 37 heavy (non-hydrogen) atoms. The first-order valence-electron chi connectivity index (χ1n) is 13.5. The van der Waals surface area contributed by atoms with Gasteiger partial charge < -0.3 is 0 Å². The zero-order chi connectivity index (χ0) is 25.8. The summed E-state index contributed by atoms with van der Waals surface area (Å²) in [6.07, 6.45) is 0. The lowest BCUT2D eigenvalue weighted by Crippen LogP contribution is -2.28. The summed E-state index contributed by atoms with van der Waals surface area (Å²) in [5.41, 5.74) is 7.64. The van der Waals surface area contributed by atoms with Crippen LogP contribution >= 0.6 is 0 Å². The zero-order valence-electron chi connectivity index (χ0n) is 22.2. The van der Waals surface area contributed by atoms with Gasteiger partial charge in [0.15, 0.2) is 0 Å². The Labute approximate surface area is 221 Å². The van der Waals surface area contributed by atoms with Gasteiger partial charge in [0.1, 0.15) is 0 Å². The summed E-state index contributed by atoms with van der Waals surface area (Å²) in [6.45, 7) is 8.00. The van der Waals surface area contributed by atoms with E-state index in [9.17, 15) is 0 Å². The van der Waals surface area contributed by atoms with Crippen LogP contribution in [0.4, 0.5) is 0 Å². The Hall–Kier alpha value is -4.16. The first-order valence-corrected chi connectivity index (χ1v) is 13.5. The van der Waals surface area contributed by atoms with Gasteiger partial charge in [0, 0.05) is 0 Å². The maximum Gasteiger partial charge on any atom is 0.0714 e. The van der Waals surface area contributed by atoms with E-state index in [0.717, 1.165) is 0 Å². The predicted molar refractivity (Wildman–Crippen MR) is 161 cm³/mol. The smallest absolute Gasteiger partial charge is 0.0683 e. The third kappa shape index (κ3) is 3.85. The van der Waals surface area contributed by atoms with Crippen molar-refractivity contribution < 1.29 is 0 Å². The molecule has 0 spiro atoms. The Balaban J connectivity index is 0.000000670. The second-order valence-electron chi connectivity index (χ2n) is 8.97. The molecule has 6 aromatic rings. The Kier molecular flexibility index (Phi) is 6.93. The normalized spacial score (nSPS) is 12.5. The summed E-state index contributed by atoms with van der Waals surface area (Å²) < 4.78 is 0. The minimum absolute atomic E-state index is 0.360. The molecule has 0 atom stereocenters. The number of hydrogen-bond donors (Lipinski definition) is 0. The van der Waals surface area contributed by atoms with Crippen molar-refractivity contribution >= 4 is 21.5 Å². The van der Waals surface area contributed by atoms with E-state index >= 15 is 0 Å². The minimum atomic E-state index is -0.360. The Morgan fingerprint density at radius 3 is 1.14 bits per heavy atom. The predicted octanol–water partition coefficient (Wildman–Crippen LogP) is 10.4. The van der Waals surface area contributed by atoms with E-state index in [0.29, 0.717) is 0 Å². The first-order chi connectivity index (χ1) is 18.4. The van der Waals surface area contributed by atoms with Crippen molar-refractivity contribution in [2.45, 2.75) is 33.1 Å². The van der Waals surface area contributed by atoms with Crippen LogP contribution in [-0.2, 0) is 5.41 Å². The molecule has 6 aromatic carbocycles. The molecular weight excluding hydrogens is 444 g/mol. The number of fused-ring (bicyclic) bond motifs is 5. The summed E-state index contributed by atoms with van der Waals surface area (Å²) in [4.78, 5) is 0. The summed E-state index contributed by atoms with van der Waals surface area (Å²) in [5, 5.41) is 5.10. The second kappa shape index (κ2) is 10.4. The van der Waals surface area contributed by atoms with Crippen molar-refractivity contribution in [3.8, 4) is 11.1 Å². The van der Waals surface area contributed by atoms with Gasteiger partial charge in [0.2, 0.25) is 0 Å². The summed E-state index contributed by atoms with van der Waals surface area (Å²) >= 11 is 0. The lowest BCUT2D eigenvalue weighted by atomic mass is 9.67. The fourth-order valence-corrected chi connectivity index (χ4v) is 5.87. The van der Waals surface area contributed by atoms with Crippen molar-refractivity contribution in [3.05, 3.63) is 156 Å². The van der Waals surface area contributed by atoms with Crippen molar-refractivity contribution in [2.24, 2.45) is 0 Å². The number of rotatable bonds is 2. The Morgan fingerprint density at radius 2 is 0.703 bits per heavy atom. The van der Waals surface area contributed by atoms with Gasteiger partial charge in [-0.1, -0.05) is 149 Å². The van der Waals surface area contributed by atoms with Crippen LogP contribution in [0.5, 0.6) is 0 Å². The molecular formula is C37H34. The van der Waals surface area contributed by atoms with Gasteiger partial charge in [0.25, 0.3) is 0 Å². The van der Waals surface area contributed by atoms with Gasteiger partial charge in [-0.3, -0.25) is 0 Å². The average Bonchev–Trinajstić information content (AvgIpc) is 3.30. The van der Waals surface area contributed by atoms with E-state index in [1.165, 1.54) is 54.9 Å². The molecule has 0 nitrogen and oxygen atoms in total. The van der Waals surface area contributed by atoms with Crippen LogP contribution in [0.2, 0.25) is 0 Å². The maximum atomic E-state index is 2.39. The molecule has 0 aliphatic heterocycles. The van der Waals surface area contributed by atoms with Gasteiger partial charge in [-0.15, -0.1) is 0 Å². The van der Waals surface area contributed by atoms with Gasteiger partial charge in [0.05, 0.1) is 5.41 Å². The van der Waals surface area contributed by atoms with Crippen molar-refractivity contribution in [1.82, 2.24) is 0 Å². The van der Waals surface area contributed by atoms with Gasteiger partial charge in [-0.05, 0) is 67.1 Å². The third-order valence-electron chi connectivity index (χ3n) is 7.32. The van der Waals surface area contributed by atoms with E-state index in [-0.39, 0.29) is 5.41 Å². The fraction of sp³-hybridized carbons (Fsp3) is 0.135. The second-order valence-corrected chi connectivity index (χ2v) is 8.97. The van der Waals surface area contributed by atoms with E-state index in [4.69, 9.17) is 0 Å². The SMILES string of the molecule is CC.CC.c1ccc2c(c1)-c1ccccc1C2(c1ccc2ccccc2c1)c1ccc2ccccc2c1. The van der Waals surface area contributed by atoms with Gasteiger partial charge in [-0.2, -0.15) is 0 Å². The monoisotopic (exact) mass is 478 g/mol. The molecule has 0 N–H and O–H groups in total. The van der Waals surface area contributed by atoms with E-state index in [1.54, 1.807) is 0 Å². The van der Waals surface area contributed by atoms with Gasteiger partial charge in [-0.25, -0.2) is 0 Å². The van der Waals surface area contributed by atoms with Crippen molar-refractivity contribution in [2.75, 3.05) is 0 Å². The summed E-state index contributed by atoms with van der Waals surface area (Å²) in [5.74, 6) is 0. The summed E-state index contributed by atoms with van der Waals surface area (Å²) in [6, 6.07) is 49.2. The van der Waals surface area contributed by atoms with Crippen LogP contribution in [0.1, 0.15) is 49.9 Å². The molecule has 1 aliphatic rings. The highest BCUT2D eigenvalue weighted by Crippen LogP contribution is 2.56. The van der Waals surface area contributed by atoms with Crippen LogP contribution < -0.4 is 0 Å². The number of benzene rings is 6. The molecule has 0 unspecified atom stereocenters. The molecule has 0 heteroatoms. The lowest BCUT2D eigenvalue weighted by Gasteiger charge is -2.34. The average molecular weight is 479 g/mol. The van der Waals surface area contributed by atoms with Crippen LogP contribution in [0, 0.1) is 0 Å². The molecule has 0 saturated carbocycles. The van der Waals surface area contributed by atoms with Crippen molar-refractivity contribution in [3.63, 3.8) is 0 Å². The van der Waals surface area contributed by atoms with Crippen LogP contribution in [0.15, 0.2) is 133 Å². The highest BCUT2D eigenvalue weighted by atomic mass is 14.5.